The zero-order chi connectivity index (χ0) is 24.9. The van der Waals surface area contributed by atoms with E-state index in [2.05, 4.69) is 4.98 Å². The molecular weight excluding hydrogens is 284 g/mol. The third-order valence-electron chi connectivity index (χ3n) is 3.17. The number of carbonyl (C=O) groups is 1. The Morgan fingerprint density at radius 3 is 2.91 bits per heavy atom. The predicted molar refractivity (Wildman–Crippen MR) is 84.1 cm³/mol. The molecule has 0 aliphatic carbocycles. The van der Waals surface area contributed by atoms with Crippen LogP contribution in [0, 0.1) is 0 Å². The smallest absolute Gasteiger partial charge is 0.325 e. The second-order valence-corrected chi connectivity index (χ2v) is 4.76. The van der Waals surface area contributed by atoms with Gasteiger partial charge >= 0.3 is 5.69 Å². The van der Waals surface area contributed by atoms with Crippen LogP contribution in [0.5, 0.6) is 0 Å². The average Bonchev–Trinajstić information content (AvgIpc) is 3.03. The predicted octanol–water partition coefficient (Wildman–Crippen LogP) is 1.07. The third kappa shape index (κ3) is 3.03. The van der Waals surface area contributed by atoms with Crippen molar-refractivity contribution in [2.45, 2.75) is 52.5 Å². The number of carbonyl (C=O) groups excluding carboxylic acids is 1. The Hall–Kier alpha value is -2.18. The average molecular weight is 316 g/mol. The Bertz CT molecular complexity index is 1140. The minimum atomic E-state index is -3.51. The lowest BCUT2D eigenvalue weighted by Crippen LogP contribution is -2.39. The number of fused-ring (bicyclic) bond motifs is 1. The zero-order valence-electron chi connectivity index (χ0n) is 21.9. The van der Waals surface area contributed by atoms with Gasteiger partial charge < -0.3 is 9.36 Å². The number of nitrogens with zero attached hydrogens (tertiary/aromatic N) is 4. The van der Waals surface area contributed by atoms with Gasteiger partial charge in [0.1, 0.15) is 5.78 Å². The molecule has 0 radical (unpaired) electrons. The summed E-state index contributed by atoms with van der Waals surface area (Å²) in [5.41, 5.74) is -3.90. The van der Waals surface area contributed by atoms with Crippen LogP contribution in [0.4, 0.5) is 0 Å². The van der Waals surface area contributed by atoms with Crippen molar-refractivity contribution in [2.75, 3.05) is 0 Å². The first kappa shape index (κ1) is 7.39. The van der Waals surface area contributed by atoms with E-state index in [1.54, 1.807) is 0 Å². The molecule has 0 amide bonds. The summed E-state index contributed by atoms with van der Waals surface area (Å²) in [6.07, 6.45) is -2.29. The zero-order valence-corrected chi connectivity index (χ0v) is 11.9. The van der Waals surface area contributed by atoms with Crippen molar-refractivity contribution in [3.8, 4) is 0 Å². The van der Waals surface area contributed by atoms with Crippen LogP contribution >= 0.6 is 0 Å². The standard InChI is InChI=1S/C15H22N4O3/c1-4-8-18-10-16-13-12(18)14(21)19(15(22)17(13)3)9-6-5-7-11(2)20/h10H,4-9H2,1-3H3/i1D3,3D3,4D2,8D2. The summed E-state index contributed by atoms with van der Waals surface area (Å²) in [5, 5.41) is 0. The number of aromatic nitrogens is 4. The van der Waals surface area contributed by atoms with E-state index in [0.29, 0.717) is 21.9 Å². The summed E-state index contributed by atoms with van der Waals surface area (Å²) >= 11 is 0. The highest BCUT2D eigenvalue weighted by atomic mass is 16.2. The third-order valence-corrected chi connectivity index (χ3v) is 3.17. The number of Topliss-reactive ketones (excluding diaryl/α,β-unsaturated/α-hetero) is 1. The molecule has 0 unspecified atom stereocenters. The topological polar surface area (TPSA) is 78.9 Å². The molecule has 2 aromatic heterocycles. The summed E-state index contributed by atoms with van der Waals surface area (Å²) in [4.78, 5) is 40.6. The number of aryl methyl sites for hydroxylation is 2. The summed E-state index contributed by atoms with van der Waals surface area (Å²) in [7, 11) is 0. The molecule has 0 aromatic carbocycles. The van der Waals surface area contributed by atoms with Crippen LogP contribution in [0.2, 0.25) is 0 Å². The number of hydrogen-bond donors (Lipinski definition) is 0. The van der Waals surface area contributed by atoms with E-state index in [-0.39, 0.29) is 29.7 Å². The normalized spacial score (nSPS) is 20.4. The van der Waals surface area contributed by atoms with Gasteiger partial charge in [-0.15, -0.1) is 0 Å². The monoisotopic (exact) mass is 316 g/mol. The van der Waals surface area contributed by atoms with Crippen LogP contribution in [-0.2, 0) is 24.8 Å². The van der Waals surface area contributed by atoms with Crippen molar-refractivity contribution in [3.05, 3.63) is 27.2 Å². The molecule has 120 valence electrons. The minimum Gasteiger partial charge on any atom is -0.325 e. The van der Waals surface area contributed by atoms with Gasteiger partial charge in [-0.05, 0) is 26.1 Å². The lowest BCUT2D eigenvalue weighted by molar-refractivity contribution is -0.117. The lowest BCUT2D eigenvalue weighted by Gasteiger charge is -2.09. The van der Waals surface area contributed by atoms with Crippen LogP contribution in [0.15, 0.2) is 15.9 Å². The largest absolute Gasteiger partial charge is 0.332 e. The summed E-state index contributed by atoms with van der Waals surface area (Å²) in [6.45, 7) is -8.87. The highest BCUT2D eigenvalue weighted by Crippen LogP contribution is 2.07. The molecule has 0 N–H and O–H groups in total. The van der Waals surface area contributed by atoms with Gasteiger partial charge in [-0.2, -0.15) is 0 Å². The van der Waals surface area contributed by atoms with Gasteiger partial charge in [-0.1, -0.05) is 6.85 Å². The van der Waals surface area contributed by atoms with Crippen LogP contribution in [0.1, 0.15) is 53.1 Å². The maximum atomic E-state index is 13.1. The van der Waals surface area contributed by atoms with Crippen LogP contribution in [0.3, 0.4) is 0 Å². The first-order valence-electron chi connectivity index (χ1n) is 11.6. The second-order valence-electron chi connectivity index (χ2n) is 4.76. The molecule has 0 aliphatic rings. The molecule has 7 heteroatoms. The Morgan fingerprint density at radius 1 is 1.41 bits per heavy atom. The van der Waals surface area contributed by atoms with Crippen LogP contribution in [0.25, 0.3) is 11.2 Å². The molecular formula is C15H22N4O3. The summed E-state index contributed by atoms with van der Waals surface area (Å²) < 4.78 is 77.9. The molecule has 7 nitrogen and oxygen atoms in total. The van der Waals surface area contributed by atoms with Crippen molar-refractivity contribution in [2.24, 2.45) is 6.98 Å². The molecule has 2 aromatic rings. The molecule has 0 atom stereocenters. The number of rotatable bonds is 7. The van der Waals surface area contributed by atoms with Gasteiger partial charge in [0.2, 0.25) is 0 Å². The van der Waals surface area contributed by atoms with Gasteiger partial charge in [0.05, 0.1) is 6.33 Å². The fourth-order valence-corrected chi connectivity index (χ4v) is 2.11. The van der Waals surface area contributed by atoms with Crippen LogP contribution < -0.4 is 11.2 Å². The number of ketones is 1. The molecule has 0 fully saturated rings. The van der Waals surface area contributed by atoms with E-state index in [9.17, 15) is 14.4 Å². The van der Waals surface area contributed by atoms with E-state index in [1.165, 1.54) is 6.92 Å². The van der Waals surface area contributed by atoms with E-state index in [4.69, 9.17) is 13.7 Å². The maximum Gasteiger partial charge on any atom is 0.332 e. The molecule has 2 rings (SSSR count). The SMILES string of the molecule is [2H]C([2H])([2H])n1c(=O)n(CCCCC(C)=O)c(=O)c2c1ncn2C([2H])([2H])C([2H])([2H])C([2H])([2H])[2H]. The minimum absolute atomic E-state index is 0.120. The van der Waals surface area contributed by atoms with Gasteiger partial charge in [0, 0.05) is 40.1 Å². The van der Waals surface area contributed by atoms with Crippen molar-refractivity contribution in [1.29, 1.82) is 0 Å². The molecule has 0 aliphatic heterocycles. The Morgan fingerprint density at radius 2 is 2.23 bits per heavy atom. The lowest BCUT2D eigenvalue weighted by atomic mass is 10.2. The molecule has 0 bridgehead atoms. The number of hydrogen-bond acceptors (Lipinski definition) is 4. The number of unbranched alkanes of at least 4 members (excludes halogenated alkanes) is 1. The molecule has 0 saturated carbocycles. The van der Waals surface area contributed by atoms with Crippen LogP contribution in [-0.4, -0.2) is 24.5 Å². The Labute approximate surface area is 142 Å². The van der Waals surface area contributed by atoms with Gasteiger partial charge in [0.25, 0.3) is 5.56 Å². The van der Waals surface area contributed by atoms with E-state index < -0.39 is 49.1 Å². The molecule has 2 heterocycles. The van der Waals surface area contributed by atoms with Gasteiger partial charge in [0.15, 0.2) is 11.2 Å². The van der Waals surface area contributed by atoms with Crippen molar-refractivity contribution in [3.63, 3.8) is 0 Å². The van der Waals surface area contributed by atoms with Crippen molar-refractivity contribution >= 4 is 16.9 Å². The van der Waals surface area contributed by atoms with E-state index >= 15 is 0 Å². The fourth-order valence-electron chi connectivity index (χ4n) is 2.11. The molecule has 22 heavy (non-hydrogen) atoms. The van der Waals surface area contributed by atoms with Gasteiger partial charge in [-0.3, -0.25) is 13.9 Å². The number of imidazole rings is 1. The fraction of sp³-hybridized carbons (Fsp3) is 0.600. The summed E-state index contributed by atoms with van der Waals surface area (Å²) in [5.74, 6) is -0.120. The first-order chi connectivity index (χ1) is 14.4. The van der Waals surface area contributed by atoms with Crippen molar-refractivity contribution in [1.82, 2.24) is 18.7 Å². The van der Waals surface area contributed by atoms with E-state index in [1.807, 2.05) is 0 Å². The second kappa shape index (κ2) is 6.72. The summed E-state index contributed by atoms with van der Waals surface area (Å²) in [6, 6.07) is 0. The quantitative estimate of drug-likeness (QED) is 0.716. The Balaban J connectivity index is 2.83. The van der Waals surface area contributed by atoms with E-state index in [0.717, 1.165) is 0 Å². The van der Waals surface area contributed by atoms with Gasteiger partial charge in [-0.25, -0.2) is 9.78 Å². The highest BCUT2D eigenvalue weighted by molar-refractivity contribution is 5.75. The first-order valence-corrected chi connectivity index (χ1v) is 6.59. The maximum absolute atomic E-state index is 13.1. The van der Waals surface area contributed by atoms with Crippen molar-refractivity contribution < 1.29 is 18.5 Å². The molecule has 0 saturated heterocycles. The highest BCUT2D eigenvalue weighted by Gasteiger charge is 2.15. The molecule has 0 spiro atoms. The Kier molecular flexibility index (Phi) is 2.26.